The van der Waals surface area contributed by atoms with Gasteiger partial charge in [0.05, 0.1) is 12.6 Å². The van der Waals surface area contributed by atoms with Gasteiger partial charge in [0.1, 0.15) is 0 Å². The van der Waals surface area contributed by atoms with Crippen LogP contribution in [0.4, 0.5) is 4.79 Å². The topological polar surface area (TPSA) is 95.1 Å². The number of ether oxygens (including phenoxy) is 1. The molecule has 0 aromatic heterocycles. The molecule has 0 aromatic carbocycles. The summed E-state index contributed by atoms with van der Waals surface area (Å²) in [5.41, 5.74) is 0. The van der Waals surface area contributed by atoms with Gasteiger partial charge in [-0.05, 0) is 26.2 Å². The molecule has 8 heteroatoms. The molecule has 3 amide bonds. The molecule has 1 saturated carbocycles. The summed E-state index contributed by atoms with van der Waals surface area (Å²) < 4.78 is 5.90. The lowest BCUT2D eigenvalue weighted by atomic mass is 9.98. The van der Waals surface area contributed by atoms with Crippen LogP contribution < -0.4 is 16.0 Å². The first-order chi connectivity index (χ1) is 12.2. The first kappa shape index (κ1) is 19.5. The van der Waals surface area contributed by atoms with Gasteiger partial charge < -0.3 is 20.7 Å². The maximum atomic E-state index is 11.5. The molecule has 1 aliphatic carbocycles. The van der Waals surface area contributed by atoms with E-state index < -0.39 is 0 Å². The van der Waals surface area contributed by atoms with Gasteiger partial charge in [-0.1, -0.05) is 19.3 Å². The number of carbonyl (C=O) groups is 2. The van der Waals surface area contributed by atoms with E-state index in [1.165, 1.54) is 37.0 Å². The van der Waals surface area contributed by atoms with E-state index in [-0.39, 0.29) is 18.5 Å². The molecule has 25 heavy (non-hydrogen) atoms. The Morgan fingerprint density at radius 1 is 1.28 bits per heavy atom. The van der Waals surface area contributed by atoms with E-state index in [4.69, 9.17) is 4.74 Å². The average molecular weight is 353 g/mol. The Kier molecular flexibility index (Phi) is 8.51. The Labute approximate surface area is 149 Å². The number of guanidine groups is 1. The molecule has 8 nitrogen and oxygen atoms in total. The fraction of sp³-hybridized carbons (Fsp3) is 0.824. The van der Waals surface area contributed by atoms with Crippen LogP contribution in [-0.2, 0) is 9.53 Å². The number of nitrogens with zero attached hydrogens (tertiary/aromatic N) is 2. The normalized spacial score (nSPS) is 19.2. The highest BCUT2D eigenvalue weighted by atomic mass is 16.5. The Hall–Kier alpha value is -1.83. The first-order valence-electron chi connectivity index (χ1n) is 9.42. The highest BCUT2D eigenvalue weighted by Crippen LogP contribution is 2.20. The monoisotopic (exact) mass is 353 g/mol. The number of nitrogens with one attached hydrogen (secondary N) is 3. The van der Waals surface area contributed by atoms with Gasteiger partial charge in [-0.15, -0.1) is 0 Å². The van der Waals surface area contributed by atoms with Crippen LogP contribution in [0.3, 0.4) is 0 Å². The number of carbonyl (C=O) groups excluding carboxylic acids is 2. The van der Waals surface area contributed by atoms with Crippen molar-refractivity contribution in [3.8, 4) is 0 Å². The molecule has 3 N–H and O–H groups in total. The second-order valence-electron chi connectivity index (χ2n) is 6.38. The lowest BCUT2D eigenvalue weighted by Gasteiger charge is -2.21. The van der Waals surface area contributed by atoms with E-state index >= 15 is 0 Å². The second-order valence-corrected chi connectivity index (χ2v) is 6.38. The molecule has 1 aliphatic heterocycles. The van der Waals surface area contributed by atoms with Gasteiger partial charge in [0.2, 0.25) is 5.91 Å². The van der Waals surface area contributed by atoms with Crippen LogP contribution in [0, 0.1) is 0 Å². The summed E-state index contributed by atoms with van der Waals surface area (Å²) in [5, 5.41) is 8.83. The molecule has 0 radical (unpaired) electrons. The Balaban J connectivity index is 1.61. The van der Waals surface area contributed by atoms with Crippen molar-refractivity contribution in [2.75, 3.05) is 39.3 Å². The number of amides is 3. The molecule has 2 rings (SSSR count). The summed E-state index contributed by atoms with van der Waals surface area (Å²) in [7, 11) is 0. The zero-order valence-corrected chi connectivity index (χ0v) is 15.2. The number of hydrogen-bond donors (Lipinski definition) is 3. The fourth-order valence-corrected chi connectivity index (χ4v) is 3.05. The van der Waals surface area contributed by atoms with Gasteiger partial charge in [-0.3, -0.25) is 14.7 Å². The molecule has 2 fully saturated rings. The molecular weight excluding hydrogens is 322 g/mol. The Morgan fingerprint density at radius 2 is 2.08 bits per heavy atom. The number of imide groups is 1. The molecule has 1 saturated heterocycles. The summed E-state index contributed by atoms with van der Waals surface area (Å²) in [4.78, 5) is 28.7. The highest BCUT2D eigenvalue weighted by molar-refractivity contribution is 6.01. The smallest absolute Gasteiger partial charge is 0.324 e. The van der Waals surface area contributed by atoms with Crippen LogP contribution in [0.1, 0.15) is 45.4 Å². The number of hydrogen-bond acceptors (Lipinski definition) is 4. The minimum absolute atomic E-state index is 0.0913. The summed E-state index contributed by atoms with van der Waals surface area (Å²) in [6.07, 6.45) is 7.62. The molecule has 0 bridgehead atoms. The number of aliphatic imine (C=N–C) groups is 1. The maximum absolute atomic E-state index is 11.5. The van der Waals surface area contributed by atoms with Crippen LogP contribution in [0.2, 0.25) is 0 Å². The van der Waals surface area contributed by atoms with Crippen molar-refractivity contribution in [1.29, 1.82) is 0 Å². The van der Waals surface area contributed by atoms with Crippen molar-refractivity contribution in [2.24, 2.45) is 4.99 Å². The molecule has 0 unspecified atom stereocenters. The van der Waals surface area contributed by atoms with Crippen LogP contribution in [0.15, 0.2) is 4.99 Å². The molecule has 0 spiro atoms. The second kappa shape index (κ2) is 10.9. The first-order valence-corrected chi connectivity index (χ1v) is 9.42. The Morgan fingerprint density at radius 3 is 2.76 bits per heavy atom. The standard InChI is InChI=1S/C17H31N5O3/c1-2-18-16(20-10-11-22-15(23)13-21-17(22)24)19-9-6-12-25-14-7-4-3-5-8-14/h14H,2-13H2,1H3,(H,21,24)(H2,18,19,20). The summed E-state index contributed by atoms with van der Waals surface area (Å²) in [5.74, 6) is 0.515. The zero-order valence-electron chi connectivity index (χ0n) is 15.2. The van der Waals surface area contributed by atoms with Gasteiger partial charge in [0.25, 0.3) is 0 Å². The van der Waals surface area contributed by atoms with Crippen LogP contribution in [0.5, 0.6) is 0 Å². The summed E-state index contributed by atoms with van der Waals surface area (Å²) >= 11 is 0. The van der Waals surface area contributed by atoms with E-state index in [1.807, 2.05) is 6.92 Å². The van der Waals surface area contributed by atoms with Crippen molar-refractivity contribution in [3.05, 3.63) is 0 Å². The third-order valence-corrected chi connectivity index (χ3v) is 4.39. The van der Waals surface area contributed by atoms with Crippen molar-refractivity contribution in [3.63, 3.8) is 0 Å². The fourth-order valence-electron chi connectivity index (χ4n) is 3.05. The third kappa shape index (κ3) is 6.89. The lowest BCUT2D eigenvalue weighted by molar-refractivity contribution is -0.124. The van der Waals surface area contributed by atoms with Crippen LogP contribution in [-0.4, -0.2) is 68.2 Å². The predicted molar refractivity (Wildman–Crippen MR) is 96.5 cm³/mol. The van der Waals surface area contributed by atoms with Gasteiger partial charge >= 0.3 is 6.03 Å². The van der Waals surface area contributed by atoms with E-state index in [1.54, 1.807) is 0 Å². The Bertz CT molecular complexity index is 447. The quantitative estimate of drug-likeness (QED) is 0.247. The van der Waals surface area contributed by atoms with E-state index in [0.29, 0.717) is 31.7 Å². The van der Waals surface area contributed by atoms with Crippen molar-refractivity contribution < 1.29 is 14.3 Å². The maximum Gasteiger partial charge on any atom is 0.324 e. The molecule has 2 aliphatic rings. The van der Waals surface area contributed by atoms with E-state index in [0.717, 1.165) is 19.6 Å². The highest BCUT2D eigenvalue weighted by Gasteiger charge is 2.27. The summed E-state index contributed by atoms with van der Waals surface area (Å²) in [6, 6.07) is -0.325. The minimum atomic E-state index is -0.325. The largest absolute Gasteiger partial charge is 0.378 e. The van der Waals surface area contributed by atoms with Gasteiger partial charge in [-0.25, -0.2) is 4.79 Å². The molecule has 1 heterocycles. The number of urea groups is 1. The van der Waals surface area contributed by atoms with Crippen molar-refractivity contribution >= 4 is 17.9 Å². The van der Waals surface area contributed by atoms with Gasteiger partial charge in [-0.2, -0.15) is 0 Å². The van der Waals surface area contributed by atoms with Crippen molar-refractivity contribution in [2.45, 2.75) is 51.6 Å². The van der Waals surface area contributed by atoms with Gasteiger partial charge in [0.15, 0.2) is 5.96 Å². The SMILES string of the molecule is CCNC(=NCCCOC1CCCCC1)NCCN1C(=O)CNC1=O. The van der Waals surface area contributed by atoms with Crippen molar-refractivity contribution in [1.82, 2.24) is 20.9 Å². The van der Waals surface area contributed by atoms with E-state index in [9.17, 15) is 9.59 Å². The molecule has 0 aromatic rings. The minimum Gasteiger partial charge on any atom is -0.378 e. The van der Waals surface area contributed by atoms with Gasteiger partial charge in [0, 0.05) is 32.8 Å². The molecule has 0 atom stereocenters. The van der Waals surface area contributed by atoms with Crippen LogP contribution in [0.25, 0.3) is 0 Å². The third-order valence-electron chi connectivity index (χ3n) is 4.39. The molecular formula is C17H31N5O3. The van der Waals surface area contributed by atoms with E-state index in [2.05, 4.69) is 20.9 Å². The lowest BCUT2D eigenvalue weighted by Crippen LogP contribution is -2.43. The van der Waals surface area contributed by atoms with Crippen LogP contribution >= 0.6 is 0 Å². The number of rotatable bonds is 9. The zero-order chi connectivity index (χ0) is 17.9. The molecule has 142 valence electrons. The summed E-state index contributed by atoms with van der Waals surface area (Å²) in [6.45, 7) is 5.09. The predicted octanol–water partition coefficient (Wildman–Crippen LogP) is 0.833. The average Bonchev–Trinajstić information content (AvgIpc) is 2.94.